The van der Waals surface area contributed by atoms with Crippen molar-refractivity contribution in [1.82, 2.24) is 0 Å². The molecular formula is C13H16BrNO2. The minimum atomic E-state index is -0.357. The van der Waals surface area contributed by atoms with Gasteiger partial charge in [-0.1, -0.05) is 29.3 Å². The molecule has 0 unspecified atom stereocenters. The van der Waals surface area contributed by atoms with Gasteiger partial charge in [0.1, 0.15) is 0 Å². The SMILES string of the molecule is CCCC=Nc1c(C(=O)OC)ccc(Br)c1C. The number of unbranched alkanes of at least 4 members (excludes halogenated alkanes) is 1. The number of carbonyl (C=O) groups is 1. The van der Waals surface area contributed by atoms with E-state index < -0.39 is 0 Å². The Morgan fingerprint density at radius 1 is 1.53 bits per heavy atom. The van der Waals surface area contributed by atoms with Crippen molar-refractivity contribution in [3.8, 4) is 0 Å². The first-order chi connectivity index (χ1) is 8.11. The van der Waals surface area contributed by atoms with E-state index in [-0.39, 0.29) is 5.97 Å². The van der Waals surface area contributed by atoms with Gasteiger partial charge in [-0.05, 0) is 31.0 Å². The zero-order valence-corrected chi connectivity index (χ0v) is 11.9. The number of hydrogen-bond acceptors (Lipinski definition) is 3. The van der Waals surface area contributed by atoms with Crippen LogP contribution in [0, 0.1) is 6.92 Å². The van der Waals surface area contributed by atoms with Gasteiger partial charge in [-0.2, -0.15) is 0 Å². The van der Waals surface area contributed by atoms with Crippen LogP contribution < -0.4 is 0 Å². The lowest BCUT2D eigenvalue weighted by atomic mass is 10.1. The Balaban J connectivity index is 3.21. The summed E-state index contributed by atoms with van der Waals surface area (Å²) in [4.78, 5) is 16.0. The average Bonchev–Trinajstić information content (AvgIpc) is 2.34. The molecule has 0 amide bonds. The summed E-state index contributed by atoms with van der Waals surface area (Å²) >= 11 is 3.43. The fraction of sp³-hybridized carbons (Fsp3) is 0.385. The van der Waals surface area contributed by atoms with E-state index in [1.807, 2.05) is 19.2 Å². The number of nitrogens with zero attached hydrogens (tertiary/aromatic N) is 1. The van der Waals surface area contributed by atoms with Gasteiger partial charge in [0.05, 0.1) is 18.4 Å². The highest BCUT2D eigenvalue weighted by molar-refractivity contribution is 9.10. The maximum Gasteiger partial charge on any atom is 0.340 e. The Bertz CT molecular complexity index is 441. The van der Waals surface area contributed by atoms with Crippen molar-refractivity contribution in [3.05, 3.63) is 27.7 Å². The minimum absolute atomic E-state index is 0.357. The average molecular weight is 298 g/mol. The smallest absolute Gasteiger partial charge is 0.340 e. The first-order valence-corrected chi connectivity index (χ1v) is 6.31. The van der Waals surface area contributed by atoms with E-state index in [4.69, 9.17) is 4.74 Å². The third-order valence-corrected chi connectivity index (χ3v) is 3.27. The lowest BCUT2D eigenvalue weighted by Gasteiger charge is -2.08. The molecule has 1 aromatic rings. The van der Waals surface area contributed by atoms with Gasteiger partial charge in [0.2, 0.25) is 0 Å². The quantitative estimate of drug-likeness (QED) is 0.621. The van der Waals surface area contributed by atoms with Crippen LogP contribution in [0.4, 0.5) is 5.69 Å². The number of carbonyl (C=O) groups excluding carboxylic acids is 1. The second-order valence-corrected chi connectivity index (χ2v) is 4.51. The lowest BCUT2D eigenvalue weighted by molar-refractivity contribution is 0.0601. The summed E-state index contributed by atoms with van der Waals surface area (Å²) in [6.45, 7) is 4.01. The number of hydrogen-bond donors (Lipinski definition) is 0. The van der Waals surface area contributed by atoms with Gasteiger partial charge in [-0.15, -0.1) is 0 Å². The molecule has 0 aliphatic rings. The first-order valence-electron chi connectivity index (χ1n) is 5.51. The maximum atomic E-state index is 11.6. The number of rotatable bonds is 4. The Labute approximate surface area is 110 Å². The summed E-state index contributed by atoms with van der Waals surface area (Å²) in [5.41, 5.74) is 2.13. The van der Waals surface area contributed by atoms with Gasteiger partial charge in [-0.3, -0.25) is 4.99 Å². The molecule has 17 heavy (non-hydrogen) atoms. The minimum Gasteiger partial charge on any atom is -0.465 e. The van der Waals surface area contributed by atoms with Gasteiger partial charge < -0.3 is 4.74 Å². The van der Waals surface area contributed by atoms with Crippen molar-refractivity contribution in [3.63, 3.8) is 0 Å². The van der Waals surface area contributed by atoms with Crippen LogP contribution in [0.1, 0.15) is 35.7 Å². The number of ether oxygens (including phenoxy) is 1. The number of methoxy groups -OCH3 is 1. The maximum absolute atomic E-state index is 11.6. The fourth-order valence-electron chi connectivity index (χ4n) is 1.40. The molecule has 1 aromatic carbocycles. The van der Waals surface area contributed by atoms with E-state index in [2.05, 4.69) is 27.8 Å². The summed E-state index contributed by atoms with van der Waals surface area (Å²) in [7, 11) is 1.37. The standard InChI is InChI=1S/C13H16BrNO2/c1-4-5-8-15-12-9(2)11(14)7-6-10(12)13(16)17-3/h6-8H,4-5H2,1-3H3. The van der Waals surface area contributed by atoms with Crippen LogP contribution in [0.3, 0.4) is 0 Å². The molecule has 0 spiro atoms. The molecule has 0 N–H and O–H groups in total. The van der Waals surface area contributed by atoms with Crippen LogP contribution in [0.25, 0.3) is 0 Å². The third kappa shape index (κ3) is 3.40. The first kappa shape index (κ1) is 13.9. The molecule has 0 saturated heterocycles. The van der Waals surface area contributed by atoms with Crippen LogP contribution in [0.5, 0.6) is 0 Å². The Kier molecular flexibility index (Phi) is 5.35. The molecular weight excluding hydrogens is 282 g/mol. The molecule has 1 rings (SSSR count). The normalized spacial score (nSPS) is 10.8. The second kappa shape index (κ2) is 6.55. The molecule has 0 saturated carbocycles. The topological polar surface area (TPSA) is 38.7 Å². The molecule has 92 valence electrons. The molecule has 0 atom stereocenters. The summed E-state index contributed by atoms with van der Waals surface area (Å²) < 4.78 is 5.69. The van der Waals surface area contributed by atoms with Crippen LogP contribution >= 0.6 is 15.9 Å². The van der Waals surface area contributed by atoms with E-state index in [0.29, 0.717) is 11.3 Å². The fourth-order valence-corrected chi connectivity index (χ4v) is 1.72. The third-order valence-electron chi connectivity index (χ3n) is 2.41. The van der Waals surface area contributed by atoms with Gasteiger partial charge in [0.25, 0.3) is 0 Å². The monoisotopic (exact) mass is 297 g/mol. The molecule has 0 radical (unpaired) electrons. The molecule has 0 aliphatic heterocycles. The zero-order valence-electron chi connectivity index (χ0n) is 10.3. The van der Waals surface area contributed by atoms with E-state index in [9.17, 15) is 4.79 Å². The largest absolute Gasteiger partial charge is 0.465 e. The summed E-state index contributed by atoms with van der Waals surface area (Å²) in [6.07, 6.45) is 3.76. The lowest BCUT2D eigenvalue weighted by Crippen LogP contribution is -2.02. The van der Waals surface area contributed by atoms with E-state index in [1.165, 1.54) is 7.11 Å². The molecule has 0 bridgehead atoms. The van der Waals surface area contributed by atoms with Crippen molar-refractivity contribution in [2.75, 3.05) is 7.11 Å². The summed E-state index contributed by atoms with van der Waals surface area (Å²) in [5.74, 6) is -0.357. The second-order valence-electron chi connectivity index (χ2n) is 3.66. The number of aliphatic imine (C=N–C) groups is 1. The van der Waals surface area contributed by atoms with Crippen LogP contribution in [-0.2, 0) is 4.74 Å². The van der Waals surface area contributed by atoms with E-state index >= 15 is 0 Å². The van der Waals surface area contributed by atoms with E-state index in [1.54, 1.807) is 6.07 Å². The van der Waals surface area contributed by atoms with Crippen LogP contribution in [0.2, 0.25) is 0 Å². The van der Waals surface area contributed by atoms with Crippen molar-refractivity contribution in [2.45, 2.75) is 26.7 Å². The number of halogens is 1. The number of esters is 1. The number of benzene rings is 1. The van der Waals surface area contributed by atoms with Crippen molar-refractivity contribution >= 4 is 33.8 Å². The van der Waals surface area contributed by atoms with Crippen molar-refractivity contribution < 1.29 is 9.53 Å². The highest BCUT2D eigenvalue weighted by Gasteiger charge is 2.14. The Morgan fingerprint density at radius 2 is 2.24 bits per heavy atom. The summed E-state index contributed by atoms with van der Waals surface area (Å²) in [5, 5.41) is 0. The van der Waals surface area contributed by atoms with Gasteiger partial charge in [0, 0.05) is 10.7 Å². The van der Waals surface area contributed by atoms with Crippen molar-refractivity contribution in [1.29, 1.82) is 0 Å². The van der Waals surface area contributed by atoms with Crippen LogP contribution in [-0.4, -0.2) is 19.3 Å². The molecule has 0 aromatic heterocycles. The molecule has 3 nitrogen and oxygen atoms in total. The van der Waals surface area contributed by atoms with Gasteiger partial charge >= 0.3 is 5.97 Å². The van der Waals surface area contributed by atoms with E-state index in [0.717, 1.165) is 22.9 Å². The molecule has 0 fully saturated rings. The molecule has 0 heterocycles. The van der Waals surface area contributed by atoms with Crippen molar-refractivity contribution in [2.24, 2.45) is 4.99 Å². The molecule has 0 aliphatic carbocycles. The van der Waals surface area contributed by atoms with Gasteiger partial charge in [-0.25, -0.2) is 4.79 Å². The zero-order chi connectivity index (χ0) is 12.8. The van der Waals surface area contributed by atoms with Crippen LogP contribution in [0.15, 0.2) is 21.6 Å². The Hall–Kier alpha value is -1.16. The Morgan fingerprint density at radius 3 is 2.82 bits per heavy atom. The van der Waals surface area contributed by atoms with Gasteiger partial charge in [0.15, 0.2) is 0 Å². The molecule has 4 heteroatoms. The summed E-state index contributed by atoms with van der Waals surface area (Å²) in [6, 6.07) is 3.56. The highest BCUT2D eigenvalue weighted by Crippen LogP contribution is 2.30. The predicted molar refractivity (Wildman–Crippen MR) is 73.3 cm³/mol. The predicted octanol–water partition coefficient (Wildman–Crippen LogP) is 4.05. The highest BCUT2D eigenvalue weighted by atomic mass is 79.9.